The lowest BCUT2D eigenvalue weighted by molar-refractivity contribution is -0.0734. The molecule has 0 saturated carbocycles. The van der Waals surface area contributed by atoms with Crippen molar-refractivity contribution in [2.45, 2.75) is 151 Å². The molecule has 0 radical (unpaired) electrons. The monoisotopic (exact) mass is 1210 g/mol. The van der Waals surface area contributed by atoms with E-state index in [4.69, 9.17) is 107 Å². The van der Waals surface area contributed by atoms with Gasteiger partial charge in [-0.05, 0) is 62.3 Å². The lowest BCUT2D eigenvalue weighted by atomic mass is 10.0. The van der Waals surface area contributed by atoms with Gasteiger partial charge in [0.15, 0.2) is 53.1 Å². The molecule has 0 aliphatic carbocycles. The van der Waals surface area contributed by atoms with Gasteiger partial charge in [0, 0.05) is 0 Å². The molecule has 0 aromatic carbocycles. The number of aromatic nitrogens is 12. The van der Waals surface area contributed by atoms with Gasteiger partial charge in [0.2, 0.25) is 0 Å². The van der Waals surface area contributed by atoms with Crippen LogP contribution in [0.5, 0.6) is 0 Å². The molecule has 78 heavy (non-hydrogen) atoms. The van der Waals surface area contributed by atoms with E-state index in [0.29, 0.717) is 33.5 Å². The van der Waals surface area contributed by atoms with Gasteiger partial charge in [-0.3, -0.25) is 54.4 Å². The molecule has 36 heteroatoms. The van der Waals surface area contributed by atoms with Crippen LogP contribution in [0.1, 0.15) is 81.0 Å². The zero-order valence-corrected chi connectivity index (χ0v) is 48.2. The smallest absolute Gasteiger partial charge is 0.382 e. The van der Waals surface area contributed by atoms with Crippen LogP contribution in [0.15, 0.2) is 38.0 Å². The molecule has 426 valence electrons. The Balaban J connectivity index is 0.000000132. The summed E-state index contributed by atoms with van der Waals surface area (Å²) in [5.74, 6) is 0.777. The number of alkyl halides is 3. The minimum atomic E-state index is -3.71. The van der Waals surface area contributed by atoms with Crippen LogP contribution < -0.4 is 17.2 Å². The molecular formula is C42H57Cl3N15O15P3. The van der Waals surface area contributed by atoms with Gasteiger partial charge in [-0.15, -0.1) is 34.8 Å². The van der Waals surface area contributed by atoms with Crippen molar-refractivity contribution in [1.82, 2.24) is 58.6 Å². The van der Waals surface area contributed by atoms with Gasteiger partial charge in [0.25, 0.3) is 0 Å². The minimum absolute atomic E-state index is 0.0389. The Hall–Kier alpha value is -3.87. The summed E-state index contributed by atoms with van der Waals surface area (Å²) in [7, 11) is -11.1. The second-order valence-corrected chi connectivity index (χ2v) is 27.2. The summed E-state index contributed by atoms with van der Waals surface area (Å²) >= 11 is 20.4. The molecule has 6 N–H and O–H groups in total. The second kappa shape index (κ2) is 21.1. The number of hydrogen-bond acceptors (Lipinski definition) is 27. The molecule has 0 bridgehead atoms. The van der Waals surface area contributed by atoms with E-state index in [-0.39, 0.29) is 55.6 Å². The summed E-state index contributed by atoms with van der Waals surface area (Å²) in [6, 6.07) is 0. The van der Waals surface area contributed by atoms with Crippen LogP contribution >= 0.6 is 58.3 Å². The van der Waals surface area contributed by atoms with Crippen molar-refractivity contribution < 1.29 is 68.6 Å². The summed E-state index contributed by atoms with van der Waals surface area (Å²) in [5.41, 5.74) is 20.3. The quantitative estimate of drug-likeness (QED) is 0.0994. The zero-order chi connectivity index (χ0) is 56.1. The average Bonchev–Trinajstić information content (AvgIpc) is 4.21. The molecule has 6 aromatic heterocycles. The summed E-state index contributed by atoms with van der Waals surface area (Å²) in [6.45, 7) is 15.8. The highest BCUT2D eigenvalue weighted by molar-refractivity contribution is 7.49. The summed E-state index contributed by atoms with van der Waals surface area (Å²) in [4.78, 5) is 33.9. The standard InChI is InChI=1S/3C14H19ClN5O5P/c3*1-7(2)24-26(21)22-4-8-10(25-26)14(3,15)13(23-8)20-6-19-9-11(16)17-5-18-12(9)20/h3*5-8,10,13H,4H2,1-3H3,(H2,16,17,18)/t8-,10-,13-,14-,26?;8-,10-,13-,14-,26+;8-,10-,13-,14-,26-/m111/s1. The highest BCUT2D eigenvalue weighted by Gasteiger charge is 2.63. The lowest BCUT2D eigenvalue weighted by Crippen LogP contribution is -2.44. The Labute approximate surface area is 460 Å². The zero-order valence-electron chi connectivity index (χ0n) is 43.2. The van der Waals surface area contributed by atoms with Gasteiger partial charge in [-0.1, -0.05) is 0 Å². The van der Waals surface area contributed by atoms with Gasteiger partial charge in [-0.25, -0.2) is 58.6 Å². The number of halogens is 3. The molecule has 0 amide bonds. The maximum absolute atomic E-state index is 12.7. The van der Waals surface area contributed by atoms with E-state index in [2.05, 4.69) is 44.9 Å². The van der Waals surface area contributed by atoms with Crippen LogP contribution in [0, 0.1) is 0 Å². The Bertz CT molecular complexity index is 3010. The molecular weight excluding hydrogens is 1150 g/mol. The van der Waals surface area contributed by atoms with E-state index in [1.807, 2.05) is 0 Å². The number of imidazole rings is 3. The highest BCUT2D eigenvalue weighted by atomic mass is 35.5. The van der Waals surface area contributed by atoms with Gasteiger partial charge < -0.3 is 31.4 Å². The molecule has 0 spiro atoms. The van der Waals surface area contributed by atoms with E-state index in [9.17, 15) is 13.7 Å². The van der Waals surface area contributed by atoms with Crippen LogP contribution in [0.4, 0.5) is 17.5 Å². The lowest BCUT2D eigenvalue weighted by Gasteiger charge is -2.35. The van der Waals surface area contributed by atoms with Gasteiger partial charge in [0.1, 0.15) is 86.8 Å². The summed E-state index contributed by atoms with van der Waals surface area (Å²) in [5, 5.41) is 0. The number of phosphoric acid groups is 3. The maximum atomic E-state index is 12.7. The van der Waals surface area contributed by atoms with Gasteiger partial charge in [0.05, 0.1) is 57.1 Å². The van der Waals surface area contributed by atoms with Crippen LogP contribution in [0.3, 0.4) is 0 Å². The fraction of sp³-hybridized carbons (Fsp3) is 0.643. The molecule has 6 aliphatic rings. The van der Waals surface area contributed by atoms with E-state index in [0.717, 1.165) is 0 Å². The third-order valence-electron chi connectivity index (χ3n) is 12.9. The molecule has 6 fully saturated rings. The molecule has 6 saturated heterocycles. The first-order chi connectivity index (χ1) is 36.6. The minimum Gasteiger partial charge on any atom is -0.382 e. The van der Waals surface area contributed by atoms with Crippen molar-refractivity contribution >= 4 is 109 Å². The van der Waals surface area contributed by atoms with Crippen molar-refractivity contribution in [3.05, 3.63) is 38.0 Å². The summed E-state index contributed by atoms with van der Waals surface area (Å²) in [6.07, 6.45) is 1.92. The Morgan fingerprint density at radius 3 is 0.987 bits per heavy atom. The second-order valence-electron chi connectivity index (χ2n) is 20.1. The van der Waals surface area contributed by atoms with Crippen LogP contribution in [-0.4, -0.2) is 148 Å². The molecule has 15 atom stereocenters. The Morgan fingerprint density at radius 2 is 0.744 bits per heavy atom. The summed E-state index contributed by atoms with van der Waals surface area (Å²) < 4.78 is 110. The molecule has 1 unspecified atom stereocenters. The number of phosphoric ester groups is 3. The molecule has 12 rings (SSSR count). The van der Waals surface area contributed by atoms with Crippen molar-refractivity contribution in [2.24, 2.45) is 0 Å². The van der Waals surface area contributed by atoms with Crippen molar-refractivity contribution in [2.75, 3.05) is 37.0 Å². The number of nitrogens with zero attached hydrogens (tertiary/aromatic N) is 12. The Morgan fingerprint density at radius 1 is 0.487 bits per heavy atom. The van der Waals surface area contributed by atoms with Crippen LogP contribution in [-0.2, 0) is 68.6 Å². The fourth-order valence-corrected chi connectivity index (χ4v) is 15.8. The maximum Gasteiger partial charge on any atom is 0.475 e. The number of nitrogens with two attached hydrogens (primary N) is 3. The van der Waals surface area contributed by atoms with Crippen molar-refractivity contribution in [3.63, 3.8) is 0 Å². The fourth-order valence-electron chi connectivity index (χ4n) is 9.60. The normalized spacial score (nSPS) is 37.3. The first-order valence-corrected chi connectivity index (χ1v) is 29.8. The molecule has 6 aliphatic heterocycles. The van der Waals surface area contributed by atoms with E-state index >= 15 is 0 Å². The Kier molecular flexibility index (Phi) is 15.6. The van der Waals surface area contributed by atoms with E-state index < -0.39 is 93.4 Å². The van der Waals surface area contributed by atoms with Gasteiger partial charge in [-0.2, -0.15) is 0 Å². The van der Waals surface area contributed by atoms with Gasteiger partial charge >= 0.3 is 23.5 Å². The third-order valence-corrected chi connectivity index (χ3v) is 19.0. The molecule has 12 heterocycles. The number of fused-ring (bicyclic) bond motifs is 6. The van der Waals surface area contributed by atoms with E-state index in [1.54, 1.807) is 76.0 Å². The van der Waals surface area contributed by atoms with Crippen molar-refractivity contribution in [1.29, 1.82) is 0 Å². The number of rotatable bonds is 9. The first-order valence-electron chi connectivity index (χ1n) is 24.3. The largest absolute Gasteiger partial charge is 0.475 e. The number of hydrogen-bond donors (Lipinski definition) is 3. The van der Waals surface area contributed by atoms with Crippen LogP contribution in [0.25, 0.3) is 33.5 Å². The predicted molar refractivity (Wildman–Crippen MR) is 278 cm³/mol. The molecule has 6 aromatic rings. The average molecular weight is 1210 g/mol. The number of ether oxygens (including phenoxy) is 3. The number of anilines is 3. The van der Waals surface area contributed by atoms with Crippen molar-refractivity contribution in [3.8, 4) is 0 Å². The first kappa shape index (κ1) is 57.4. The number of nitrogen functional groups attached to an aromatic ring is 3. The predicted octanol–water partition coefficient (Wildman–Crippen LogP) is 6.76. The topological polar surface area (TPSA) is 371 Å². The van der Waals surface area contributed by atoms with E-state index in [1.165, 1.54) is 38.0 Å². The van der Waals surface area contributed by atoms with Crippen LogP contribution in [0.2, 0.25) is 0 Å². The molecule has 30 nitrogen and oxygen atoms in total. The SMILES string of the molecule is CC(C)OP1(=O)OC[C@H]2O[C@@H](n3cnc4c(N)ncnc43)[C@](C)(Cl)[C@@H]2O1.CC(C)O[P@@]1(=O)OC[C@H]2O[C@@H](n3cnc4c(N)ncnc43)[C@](C)(Cl)[C@@H]2O1.CC(C)O[P@]1(=O)OC[C@H]2O[C@@H](n3cnc4c(N)ncnc43)[C@](C)(Cl)[C@@H]2O1. The highest BCUT2D eigenvalue weighted by Crippen LogP contribution is 2.63. The third kappa shape index (κ3) is 10.6.